The Kier molecular flexibility index (Phi) is 4.42. The van der Waals surface area contributed by atoms with Gasteiger partial charge in [-0.2, -0.15) is 0 Å². The first-order valence-corrected chi connectivity index (χ1v) is 6.23. The van der Waals surface area contributed by atoms with Gasteiger partial charge in [0.15, 0.2) is 0 Å². The minimum Gasteiger partial charge on any atom is -0.328 e. The van der Waals surface area contributed by atoms with Crippen LogP contribution in [0.3, 0.4) is 0 Å². The molecule has 0 aliphatic heterocycles. The SMILES string of the molecule is CC(N)CC(C)Cc1cc(Br)cs1. The monoisotopic (exact) mass is 261 g/mol. The molecule has 2 unspecified atom stereocenters. The first kappa shape index (κ1) is 11.2. The van der Waals surface area contributed by atoms with Gasteiger partial charge in [0.05, 0.1) is 0 Å². The van der Waals surface area contributed by atoms with E-state index in [0.717, 1.165) is 12.8 Å². The summed E-state index contributed by atoms with van der Waals surface area (Å²) in [5.74, 6) is 0.686. The highest BCUT2D eigenvalue weighted by Gasteiger charge is 2.07. The summed E-state index contributed by atoms with van der Waals surface area (Å²) in [7, 11) is 0. The van der Waals surface area contributed by atoms with Crippen LogP contribution in [0, 0.1) is 5.92 Å². The average molecular weight is 262 g/mol. The number of rotatable bonds is 4. The van der Waals surface area contributed by atoms with Crippen molar-refractivity contribution in [1.29, 1.82) is 0 Å². The second-order valence-corrected chi connectivity index (χ2v) is 5.66. The second-order valence-electron chi connectivity index (χ2n) is 3.75. The lowest BCUT2D eigenvalue weighted by Crippen LogP contribution is -2.19. The fourth-order valence-corrected chi connectivity index (χ4v) is 3.14. The third kappa shape index (κ3) is 4.25. The first-order valence-electron chi connectivity index (χ1n) is 4.56. The fourth-order valence-electron chi connectivity index (χ4n) is 1.52. The molecule has 0 saturated heterocycles. The molecule has 0 fully saturated rings. The number of hydrogen-bond donors (Lipinski definition) is 1. The summed E-state index contributed by atoms with van der Waals surface area (Å²) in [6, 6.07) is 2.51. The highest BCUT2D eigenvalue weighted by molar-refractivity contribution is 9.10. The number of nitrogens with two attached hydrogens (primary N) is 1. The van der Waals surface area contributed by atoms with Crippen LogP contribution >= 0.6 is 27.3 Å². The van der Waals surface area contributed by atoms with Crippen LogP contribution in [0.4, 0.5) is 0 Å². The summed E-state index contributed by atoms with van der Waals surface area (Å²) in [4.78, 5) is 1.44. The summed E-state index contributed by atoms with van der Waals surface area (Å²) >= 11 is 5.28. The van der Waals surface area contributed by atoms with Gasteiger partial charge in [-0.25, -0.2) is 0 Å². The first-order chi connectivity index (χ1) is 6.08. The molecular weight excluding hydrogens is 246 g/mol. The van der Waals surface area contributed by atoms with Crippen molar-refractivity contribution >= 4 is 27.3 Å². The van der Waals surface area contributed by atoms with E-state index in [9.17, 15) is 0 Å². The van der Waals surface area contributed by atoms with E-state index in [1.54, 1.807) is 0 Å². The zero-order chi connectivity index (χ0) is 9.84. The van der Waals surface area contributed by atoms with Gasteiger partial charge in [0.25, 0.3) is 0 Å². The van der Waals surface area contributed by atoms with Crippen molar-refractivity contribution in [2.75, 3.05) is 0 Å². The van der Waals surface area contributed by atoms with E-state index < -0.39 is 0 Å². The predicted octanol–water partition coefficient (Wildman–Crippen LogP) is 3.43. The van der Waals surface area contributed by atoms with Crippen LogP contribution in [0.15, 0.2) is 15.9 Å². The van der Waals surface area contributed by atoms with Crippen LogP contribution in [0.2, 0.25) is 0 Å². The quantitative estimate of drug-likeness (QED) is 0.883. The maximum Gasteiger partial charge on any atom is 0.0285 e. The molecule has 3 heteroatoms. The third-order valence-electron chi connectivity index (χ3n) is 1.95. The normalized spacial score (nSPS) is 15.7. The molecule has 74 valence electrons. The summed E-state index contributed by atoms with van der Waals surface area (Å²) in [5, 5.41) is 2.13. The van der Waals surface area contributed by atoms with E-state index in [1.165, 1.54) is 9.35 Å². The minimum atomic E-state index is 0.318. The predicted molar refractivity (Wildman–Crippen MR) is 63.2 cm³/mol. The van der Waals surface area contributed by atoms with E-state index in [4.69, 9.17) is 5.73 Å². The third-order valence-corrected chi connectivity index (χ3v) is 3.67. The van der Waals surface area contributed by atoms with Crippen LogP contribution in [0.1, 0.15) is 25.1 Å². The van der Waals surface area contributed by atoms with E-state index in [0.29, 0.717) is 12.0 Å². The largest absolute Gasteiger partial charge is 0.328 e. The fraction of sp³-hybridized carbons (Fsp3) is 0.600. The lowest BCUT2D eigenvalue weighted by atomic mass is 9.99. The van der Waals surface area contributed by atoms with Gasteiger partial charge >= 0.3 is 0 Å². The molecule has 0 aliphatic carbocycles. The Bertz CT molecular complexity index is 257. The summed E-state index contributed by atoms with van der Waals surface area (Å²) in [6.45, 7) is 4.33. The Hall–Kier alpha value is 0.140. The Balaban J connectivity index is 2.40. The number of hydrogen-bond acceptors (Lipinski definition) is 2. The van der Waals surface area contributed by atoms with Crippen LogP contribution in [0.25, 0.3) is 0 Å². The van der Waals surface area contributed by atoms with Crippen molar-refractivity contribution in [2.24, 2.45) is 11.7 Å². The molecular formula is C10H16BrNS. The molecule has 1 rings (SSSR count). The highest BCUT2D eigenvalue weighted by Crippen LogP contribution is 2.23. The number of thiophene rings is 1. The molecule has 0 aromatic carbocycles. The maximum absolute atomic E-state index is 5.75. The maximum atomic E-state index is 5.75. The zero-order valence-corrected chi connectivity index (χ0v) is 10.5. The van der Waals surface area contributed by atoms with Crippen LogP contribution in [-0.2, 0) is 6.42 Å². The van der Waals surface area contributed by atoms with Crippen molar-refractivity contribution in [2.45, 2.75) is 32.7 Å². The van der Waals surface area contributed by atoms with Crippen LogP contribution < -0.4 is 5.73 Å². The smallest absolute Gasteiger partial charge is 0.0285 e. The molecule has 1 heterocycles. The Morgan fingerprint density at radius 3 is 2.69 bits per heavy atom. The summed E-state index contributed by atoms with van der Waals surface area (Å²) in [5.41, 5.74) is 5.75. The van der Waals surface area contributed by atoms with Crippen LogP contribution in [-0.4, -0.2) is 6.04 Å². The van der Waals surface area contributed by atoms with Crippen molar-refractivity contribution in [3.8, 4) is 0 Å². The zero-order valence-electron chi connectivity index (χ0n) is 8.09. The molecule has 1 nitrogen and oxygen atoms in total. The van der Waals surface area contributed by atoms with Crippen molar-refractivity contribution in [1.82, 2.24) is 0 Å². The van der Waals surface area contributed by atoms with Gasteiger partial charge < -0.3 is 5.73 Å². The molecule has 1 aromatic rings. The van der Waals surface area contributed by atoms with Gasteiger partial charge in [0.1, 0.15) is 0 Å². The molecule has 0 radical (unpaired) electrons. The van der Waals surface area contributed by atoms with E-state index in [-0.39, 0.29) is 0 Å². The highest BCUT2D eigenvalue weighted by atomic mass is 79.9. The molecule has 1 aromatic heterocycles. The van der Waals surface area contributed by atoms with Crippen molar-refractivity contribution < 1.29 is 0 Å². The van der Waals surface area contributed by atoms with Crippen molar-refractivity contribution in [3.05, 3.63) is 20.8 Å². The Morgan fingerprint density at radius 2 is 2.23 bits per heavy atom. The standard InChI is InChI=1S/C10H16BrNS/c1-7(3-8(2)12)4-10-5-9(11)6-13-10/h5-8H,3-4,12H2,1-2H3. The molecule has 0 saturated carbocycles. The van der Waals surface area contributed by atoms with Gasteiger partial charge in [0, 0.05) is 20.8 Å². The molecule has 0 aliphatic rings. The molecule has 0 spiro atoms. The lowest BCUT2D eigenvalue weighted by molar-refractivity contribution is 0.482. The minimum absolute atomic E-state index is 0.318. The van der Waals surface area contributed by atoms with Gasteiger partial charge in [-0.3, -0.25) is 0 Å². The molecule has 2 N–H and O–H groups in total. The van der Waals surface area contributed by atoms with E-state index in [1.807, 2.05) is 11.3 Å². The van der Waals surface area contributed by atoms with E-state index >= 15 is 0 Å². The van der Waals surface area contributed by atoms with Crippen LogP contribution in [0.5, 0.6) is 0 Å². The van der Waals surface area contributed by atoms with Gasteiger partial charge in [-0.05, 0) is 47.7 Å². The molecule has 2 atom stereocenters. The van der Waals surface area contributed by atoms with Gasteiger partial charge in [0.2, 0.25) is 0 Å². The number of halogens is 1. The average Bonchev–Trinajstić information content (AvgIpc) is 2.33. The summed E-state index contributed by atoms with van der Waals surface area (Å²) in [6.07, 6.45) is 2.26. The van der Waals surface area contributed by atoms with Gasteiger partial charge in [-0.15, -0.1) is 11.3 Å². The van der Waals surface area contributed by atoms with Crippen molar-refractivity contribution in [3.63, 3.8) is 0 Å². The Labute approximate surface area is 92.5 Å². The molecule has 0 amide bonds. The summed E-state index contributed by atoms with van der Waals surface area (Å²) < 4.78 is 1.19. The van der Waals surface area contributed by atoms with E-state index in [2.05, 4.69) is 41.2 Å². The molecule has 0 bridgehead atoms. The van der Waals surface area contributed by atoms with Gasteiger partial charge in [-0.1, -0.05) is 6.92 Å². The second kappa shape index (κ2) is 5.13. The topological polar surface area (TPSA) is 26.0 Å². The lowest BCUT2D eigenvalue weighted by Gasteiger charge is -2.12. The Morgan fingerprint density at radius 1 is 1.54 bits per heavy atom. The molecule has 13 heavy (non-hydrogen) atoms.